The van der Waals surface area contributed by atoms with Gasteiger partial charge in [0.15, 0.2) is 11.9 Å². The van der Waals surface area contributed by atoms with Gasteiger partial charge in [-0.3, -0.25) is 4.79 Å². The zero-order valence-corrected chi connectivity index (χ0v) is 10.4. The Morgan fingerprint density at radius 1 is 1.39 bits per heavy atom. The topological polar surface area (TPSA) is 94.8 Å². The first-order valence-electron chi connectivity index (χ1n) is 5.21. The number of rotatable bonds is 5. The van der Waals surface area contributed by atoms with E-state index in [1.165, 1.54) is 25.1 Å². The number of Topliss-reactive ketones (excluding diaryl/α,β-unsaturated/α-hetero) is 1. The van der Waals surface area contributed by atoms with Crippen molar-refractivity contribution >= 4 is 23.4 Å². The number of halogens is 1. The van der Waals surface area contributed by atoms with Crippen LogP contribution in [0.5, 0.6) is 0 Å². The van der Waals surface area contributed by atoms with Gasteiger partial charge in [-0.2, -0.15) is 0 Å². The minimum absolute atomic E-state index is 0.0459. The highest BCUT2D eigenvalue weighted by molar-refractivity contribution is 6.33. The van der Waals surface area contributed by atoms with Crippen LogP contribution in [0.2, 0.25) is 0 Å². The Balaban J connectivity index is 3.33. The van der Waals surface area contributed by atoms with Crippen LogP contribution in [-0.4, -0.2) is 32.4 Å². The first-order valence-corrected chi connectivity index (χ1v) is 5.65. The Hall–Kier alpha value is -1.43. The van der Waals surface area contributed by atoms with Crippen LogP contribution in [0.3, 0.4) is 0 Å². The maximum absolute atomic E-state index is 11.8. The van der Waals surface area contributed by atoms with E-state index in [9.17, 15) is 14.7 Å². The first kappa shape index (κ1) is 14.6. The summed E-state index contributed by atoms with van der Waals surface area (Å²) < 4.78 is 0. The molecule has 0 heterocycles. The fourth-order valence-electron chi connectivity index (χ4n) is 1.51. The summed E-state index contributed by atoms with van der Waals surface area (Å²) in [5.41, 5.74) is 0.389. The van der Waals surface area contributed by atoms with E-state index >= 15 is 0 Å². The summed E-state index contributed by atoms with van der Waals surface area (Å²) in [6, 6.07) is 4.12. The molecule has 18 heavy (non-hydrogen) atoms. The third-order valence-electron chi connectivity index (χ3n) is 2.45. The zero-order valence-electron chi connectivity index (χ0n) is 9.63. The number of ketones is 1. The van der Waals surface area contributed by atoms with Crippen molar-refractivity contribution in [2.24, 2.45) is 0 Å². The minimum atomic E-state index is -1.83. The second kappa shape index (κ2) is 5.95. The summed E-state index contributed by atoms with van der Waals surface area (Å²) >= 11 is 5.66. The lowest BCUT2D eigenvalue weighted by molar-refractivity contribution is -0.146. The summed E-state index contributed by atoms with van der Waals surface area (Å²) in [6.45, 7) is 1.14. The monoisotopic (exact) mass is 272 g/mol. The van der Waals surface area contributed by atoms with Crippen LogP contribution in [-0.2, 0) is 11.4 Å². The number of alkyl halides is 1. The smallest absolute Gasteiger partial charge is 0.337 e. The van der Waals surface area contributed by atoms with E-state index in [-0.39, 0.29) is 17.7 Å². The van der Waals surface area contributed by atoms with Crippen LogP contribution < -0.4 is 0 Å². The molecule has 0 amide bonds. The molecule has 5 nitrogen and oxygen atoms in total. The van der Waals surface area contributed by atoms with E-state index in [1.807, 2.05) is 0 Å². The molecule has 0 spiro atoms. The number of hydrogen-bond donors (Lipinski definition) is 3. The third kappa shape index (κ3) is 3.07. The molecule has 2 atom stereocenters. The minimum Gasteiger partial charge on any atom is -0.479 e. The van der Waals surface area contributed by atoms with Gasteiger partial charge < -0.3 is 15.3 Å². The average Bonchev–Trinajstić information content (AvgIpc) is 2.35. The summed E-state index contributed by atoms with van der Waals surface area (Å²) in [6.07, 6.45) is -1.83. The number of hydrogen-bond acceptors (Lipinski definition) is 4. The van der Waals surface area contributed by atoms with Crippen LogP contribution in [0.4, 0.5) is 0 Å². The maximum Gasteiger partial charge on any atom is 0.337 e. The number of carbonyl (C=O) groups is 2. The number of carbonyl (C=O) groups excluding carboxylic acids is 1. The van der Waals surface area contributed by atoms with E-state index in [1.54, 1.807) is 0 Å². The fraction of sp³-hybridized carbons (Fsp3) is 0.333. The van der Waals surface area contributed by atoms with Gasteiger partial charge >= 0.3 is 5.97 Å². The molecule has 0 saturated heterocycles. The van der Waals surface area contributed by atoms with Gasteiger partial charge in [0.25, 0.3) is 0 Å². The molecule has 0 aromatic heterocycles. The Kier molecular flexibility index (Phi) is 4.84. The molecule has 0 aliphatic heterocycles. The van der Waals surface area contributed by atoms with E-state index in [0.717, 1.165) is 0 Å². The number of aliphatic hydroxyl groups is 2. The normalized spacial score (nSPS) is 14.0. The highest BCUT2D eigenvalue weighted by atomic mass is 35.5. The lowest BCUT2D eigenvalue weighted by Crippen LogP contribution is -2.19. The molecule has 0 fully saturated rings. The van der Waals surface area contributed by atoms with E-state index in [2.05, 4.69) is 0 Å². The van der Waals surface area contributed by atoms with E-state index in [0.29, 0.717) is 5.56 Å². The van der Waals surface area contributed by atoms with Gasteiger partial charge in [0.05, 0.1) is 12.0 Å². The Labute approximate surface area is 109 Å². The third-order valence-corrected chi connectivity index (χ3v) is 2.65. The summed E-state index contributed by atoms with van der Waals surface area (Å²) in [7, 11) is 0. The van der Waals surface area contributed by atoms with Crippen LogP contribution in [0.1, 0.15) is 34.5 Å². The molecule has 3 N–H and O–H groups in total. The van der Waals surface area contributed by atoms with Gasteiger partial charge in [0.1, 0.15) is 0 Å². The van der Waals surface area contributed by atoms with Crippen molar-refractivity contribution < 1.29 is 24.9 Å². The lowest BCUT2D eigenvalue weighted by Gasteiger charge is -2.13. The van der Waals surface area contributed by atoms with Gasteiger partial charge in [0, 0.05) is 11.1 Å². The molecule has 0 radical (unpaired) electrons. The fourth-order valence-corrected chi connectivity index (χ4v) is 1.63. The highest BCUT2D eigenvalue weighted by Gasteiger charge is 2.24. The van der Waals surface area contributed by atoms with Crippen molar-refractivity contribution in [3.8, 4) is 0 Å². The van der Waals surface area contributed by atoms with Gasteiger partial charge in [-0.15, -0.1) is 11.6 Å². The molecule has 0 saturated carbocycles. The summed E-state index contributed by atoms with van der Waals surface area (Å²) in [4.78, 5) is 22.6. The number of aliphatic hydroxyl groups excluding tert-OH is 2. The molecule has 0 bridgehead atoms. The van der Waals surface area contributed by atoms with Crippen molar-refractivity contribution in [1.82, 2.24) is 0 Å². The van der Waals surface area contributed by atoms with Crippen LogP contribution in [0.25, 0.3) is 0 Å². The number of aliphatic carboxylic acids is 1. The average molecular weight is 273 g/mol. The molecule has 1 rings (SSSR count). The maximum atomic E-state index is 11.8. The van der Waals surface area contributed by atoms with Gasteiger partial charge in [-0.05, 0) is 18.6 Å². The number of benzene rings is 1. The molecule has 6 heteroatoms. The van der Waals surface area contributed by atoms with Crippen LogP contribution in [0.15, 0.2) is 18.2 Å². The molecule has 1 aromatic carbocycles. The molecule has 98 valence electrons. The highest BCUT2D eigenvalue weighted by Crippen LogP contribution is 2.23. The second-order valence-electron chi connectivity index (χ2n) is 3.80. The molecule has 0 aliphatic rings. The predicted octanol–water partition coefficient (Wildman–Crippen LogP) is 1.11. The van der Waals surface area contributed by atoms with Crippen LogP contribution >= 0.6 is 11.6 Å². The molecule has 0 aliphatic carbocycles. The standard InChI is InChI=1S/C12H13ClO5/c1-6(13)10(15)8-3-2-7(5-14)4-9(8)11(16)12(17)18/h2-4,6,11,14,16H,5H2,1H3,(H,17,18). The van der Waals surface area contributed by atoms with Crippen LogP contribution in [0, 0.1) is 0 Å². The van der Waals surface area contributed by atoms with Gasteiger partial charge in [0.2, 0.25) is 0 Å². The Bertz CT molecular complexity index is 470. The van der Waals surface area contributed by atoms with Gasteiger partial charge in [-0.1, -0.05) is 12.1 Å². The SMILES string of the molecule is CC(Cl)C(=O)c1ccc(CO)cc1C(O)C(=O)O. The van der Waals surface area contributed by atoms with Crippen molar-refractivity contribution in [3.05, 3.63) is 34.9 Å². The Morgan fingerprint density at radius 3 is 2.44 bits per heavy atom. The molecule has 2 unspecified atom stereocenters. The first-order chi connectivity index (χ1) is 8.38. The van der Waals surface area contributed by atoms with E-state index < -0.39 is 23.2 Å². The lowest BCUT2D eigenvalue weighted by atomic mass is 9.95. The summed E-state index contributed by atoms with van der Waals surface area (Å²) in [5.74, 6) is -1.95. The van der Waals surface area contributed by atoms with Crippen molar-refractivity contribution in [3.63, 3.8) is 0 Å². The van der Waals surface area contributed by atoms with Crippen molar-refractivity contribution in [2.45, 2.75) is 25.0 Å². The molecule has 1 aromatic rings. The van der Waals surface area contributed by atoms with Gasteiger partial charge in [-0.25, -0.2) is 4.79 Å². The second-order valence-corrected chi connectivity index (χ2v) is 4.46. The molecular formula is C12H13ClO5. The predicted molar refractivity (Wildman–Crippen MR) is 64.6 cm³/mol. The van der Waals surface area contributed by atoms with Crippen molar-refractivity contribution in [1.29, 1.82) is 0 Å². The number of carboxylic acid groups (broad SMARTS) is 1. The largest absolute Gasteiger partial charge is 0.479 e. The summed E-state index contributed by atoms with van der Waals surface area (Å²) in [5, 5.41) is 26.5. The number of carboxylic acids is 1. The quantitative estimate of drug-likeness (QED) is 0.551. The van der Waals surface area contributed by atoms with E-state index in [4.69, 9.17) is 21.8 Å². The molecular weight excluding hydrogens is 260 g/mol. The Morgan fingerprint density at radius 2 is 2.00 bits per heavy atom. The zero-order chi connectivity index (χ0) is 13.9. The van der Waals surface area contributed by atoms with Crippen molar-refractivity contribution in [2.75, 3.05) is 0 Å².